The standard InChI is InChI=1S/C10H18Si/c1-7-8-9-11(5,6)10(2,3)4/h1,8-9H,2-6H3. The number of rotatable bonds is 1. The van der Waals surface area contributed by atoms with Gasteiger partial charge in [0.2, 0.25) is 0 Å². The van der Waals surface area contributed by atoms with Crippen molar-refractivity contribution in [2.75, 3.05) is 0 Å². The summed E-state index contributed by atoms with van der Waals surface area (Å²) in [6, 6.07) is 0. The summed E-state index contributed by atoms with van der Waals surface area (Å²) >= 11 is 0. The van der Waals surface area contributed by atoms with Crippen molar-refractivity contribution in [3.63, 3.8) is 0 Å². The number of terminal acetylenes is 1. The van der Waals surface area contributed by atoms with Crippen LogP contribution >= 0.6 is 0 Å². The molecule has 0 aromatic heterocycles. The largest absolute Gasteiger partial charge is 0.115 e. The summed E-state index contributed by atoms with van der Waals surface area (Å²) in [5.41, 5.74) is 2.23. The molecule has 0 aliphatic rings. The molecule has 0 aromatic carbocycles. The topological polar surface area (TPSA) is 0 Å². The lowest BCUT2D eigenvalue weighted by molar-refractivity contribution is 0.729. The predicted octanol–water partition coefficient (Wildman–Crippen LogP) is 3.22. The average Bonchev–Trinajstić information content (AvgIpc) is 1.81. The molecule has 0 aromatic rings. The molecule has 0 unspecified atom stereocenters. The average molecular weight is 166 g/mol. The van der Waals surface area contributed by atoms with Crippen molar-refractivity contribution in [2.45, 2.75) is 38.9 Å². The van der Waals surface area contributed by atoms with Crippen molar-refractivity contribution < 1.29 is 0 Å². The number of hydrogen-bond donors (Lipinski definition) is 0. The van der Waals surface area contributed by atoms with Gasteiger partial charge in [-0.15, -0.1) is 6.42 Å². The van der Waals surface area contributed by atoms with Gasteiger partial charge in [-0.05, 0) is 11.1 Å². The molecular weight excluding hydrogens is 148 g/mol. The fourth-order valence-corrected chi connectivity index (χ4v) is 1.52. The normalized spacial score (nSPS) is 13.5. The van der Waals surface area contributed by atoms with E-state index in [1.54, 1.807) is 0 Å². The Bertz CT molecular complexity index is 186. The Hall–Kier alpha value is -0.483. The zero-order valence-corrected chi connectivity index (χ0v) is 9.23. The third-order valence-corrected chi connectivity index (χ3v) is 7.40. The first-order valence-electron chi connectivity index (χ1n) is 3.95. The van der Waals surface area contributed by atoms with Gasteiger partial charge in [0.05, 0.1) is 8.07 Å². The van der Waals surface area contributed by atoms with Crippen LogP contribution in [0.5, 0.6) is 0 Å². The van der Waals surface area contributed by atoms with Gasteiger partial charge in [0, 0.05) is 0 Å². The molecular formula is C10H18Si. The number of hydrogen-bond acceptors (Lipinski definition) is 0. The van der Waals surface area contributed by atoms with Crippen molar-refractivity contribution >= 4 is 8.07 Å². The molecule has 0 rings (SSSR count). The van der Waals surface area contributed by atoms with Crippen LogP contribution in [0.3, 0.4) is 0 Å². The van der Waals surface area contributed by atoms with Crippen molar-refractivity contribution in [1.29, 1.82) is 0 Å². The van der Waals surface area contributed by atoms with Crippen molar-refractivity contribution in [3.8, 4) is 12.3 Å². The zero-order valence-electron chi connectivity index (χ0n) is 8.23. The lowest BCUT2D eigenvalue weighted by Gasteiger charge is -2.33. The fraction of sp³-hybridized carbons (Fsp3) is 0.600. The molecule has 0 N–H and O–H groups in total. The summed E-state index contributed by atoms with van der Waals surface area (Å²) in [5, 5.41) is 0.403. The lowest BCUT2D eigenvalue weighted by atomic mass is 10.2. The van der Waals surface area contributed by atoms with Gasteiger partial charge in [-0.3, -0.25) is 0 Å². The van der Waals surface area contributed by atoms with Gasteiger partial charge >= 0.3 is 0 Å². The Kier molecular flexibility index (Phi) is 3.13. The van der Waals surface area contributed by atoms with Gasteiger partial charge in [-0.25, -0.2) is 0 Å². The van der Waals surface area contributed by atoms with E-state index in [2.05, 4.69) is 45.5 Å². The molecule has 0 bridgehead atoms. The molecule has 0 saturated carbocycles. The van der Waals surface area contributed by atoms with Crippen LogP contribution in [0.4, 0.5) is 0 Å². The molecule has 0 atom stereocenters. The first-order chi connectivity index (χ1) is 4.81. The Morgan fingerprint density at radius 2 is 1.73 bits per heavy atom. The van der Waals surface area contributed by atoms with Crippen LogP contribution in [0.2, 0.25) is 18.1 Å². The van der Waals surface area contributed by atoms with Crippen molar-refractivity contribution in [2.24, 2.45) is 0 Å². The zero-order chi connectivity index (χ0) is 9.12. The Morgan fingerprint density at radius 3 is 2.00 bits per heavy atom. The summed E-state index contributed by atoms with van der Waals surface area (Å²) in [6.45, 7) is 11.5. The second-order valence-electron chi connectivity index (χ2n) is 4.47. The summed E-state index contributed by atoms with van der Waals surface area (Å²) in [5.74, 6) is 2.55. The van der Waals surface area contributed by atoms with Crippen LogP contribution in [-0.2, 0) is 0 Å². The van der Waals surface area contributed by atoms with Crippen molar-refractivity contribution in [1.82, 2.24) is 0 Å². The highest BCUT2D eigenvalue weighted by atomic mass is 28.3. The molecule has 0 aliphatic heterocycles. The van der Waals surface area contributed by atoms with E-state index in [4.69, 9.17) is 6.42 Å². The van der Waals surface area contributed by atoms with E-state index < -0.39 is 8.07 Å². The smallest absolute Gasteiger partial charge is 0.0778 e. The molecule has 1 heteroatoms. The first kappa shape index (κ1) is 10.5. The maximum absolute atomic E-state index is 5.16. The maximum atomic E-state index is 5.16. The van der Waals surface area contributed by atoms with Gasteiger partial charge in [0.1, 0.15) is 0 Å². The van der Waals surface area contributed by atoms with E-state index in [1.165, 1.54) is 0 Å². The quantitative estimate of drug-likeness (QED) is 0.414. The maximum Gasteiger partial charge on any atom is 0.0778 e. The van der Waals surface area contributed by atoms with Crippen LogP contribution in [0.1, 0.15) is 20.8 Å². The van der Waals surface area contributed by atoms with Gasteiger partial charge in [-0.1, -0.05) is 45.5 Å². The molecule has 0 saturated heterocycles. The van der Waals surface area contributed by atoms with E-state index in [1.807, 2.05) is 6.08 Å². The van der Waals surface area contributed by atoms with Crippen LogP contribution < -0.4 is 0 Å². The molecule has 0 nitrogen and oxygen atoms in total. The van der Waals surface area contributed by atoms with Gasteiger partial charge in [0.25, 0.3) is 0 Å². The molecule has 0 radical (unpaired) electrons. The monoisotopic (exact) mass is 166 g/mol. The van der Waals surface area contributed by atoms with Gasteiger partial charge in [0.15, 0.2) is 0 Å². The molecule has 0 aliphatic carbocycles. The summed E-state index contributed by atoms with van der Waals surface area (Å²) in [4.78, 5) is 0. The minimum absolute atomic E-state index is 0.403. The van der Waals surface area contributed by atoms with Crippen molar-refractivity contribution in [3.05, 3.63) is 11.8 Å². The van der Waals surface area contributed by atoms with Gasteiger partial charge < -0.3 is 0 Å². The van der Waals surface area contributed by atoms with Crippen LogP contribution in [0.15, 0.2) is 11.8 Å². The molecule has 0 heterocycles. The summed E-state index contributed by atoms with van der Waals surface area (Å²) in [6.07, 6.45) is 7.01. The molecule has 11 heavy (non-hydrogen) atoms. The SMILES string of the molecule is C#CC=C[Si](C)(C)C(C)(C)C. The second kappa shape index (κ2) is 3.28. The van der Waals surface area contributed by atoms with E-state index >= 15 is 0 Å². The molecule has 0 fully saturated rings. The highest BCUT2D eigenvalue weighted by Crippen LogP contribution is 2.36. The van der Waals surface area contributed by atoms with Crippen LogP contribution in [0.25, 0.3) is 0 Å². The van der Waals surface area contributed by atoms with E-state index in [-0.39, 0.29) is 0 Å². The third-order valence-electron chi connectivity index (χ3n) is 2.53. The van der Waals surface area contributed by atoms with Gasteiger partial charge in [-0.2, -0.15) is 0 Å². The van der Waals surface area contributed by atoms with E-state index in [0.29, 0.717) is 5.04 Å². The minimum atomic E-state index is -1.25. The highest BCUT2D eigenvalue weighted by molar-refractivity contribution is 6.84. The summed E-state index contributed by atoms with van der Waals surface area (Å²) in [7, 11) is -1.25. The Labute approximate surface area is 71.7 Å². The number of allylic oxidation sites excluding steroid dienone is 1. The third kappa shape index (κ3) is 2.94. The first-order valence-corrected chi connectivity index (χ1v) is 7.03. The lowest BCUT2D eigenvalue weighted by Crippen LogP contribution is -2.34. The highest BCUT2D eigenvalue weighted by Gasteiger charge is 2.31. The second-order valence-corrected chi connectivity index (χ2v) is 9.75. The molecule has 0 amide bonds. The van der Waals surface area contributed by atoms with Crippen LogP contribution in [0, 0.1) is 12.3 Å². The Morgan fingerprint density at radius 1 is 1.27 bits per heavy atom. The minimum Gasteiger partial charge on any atom is -0.115 e. The Balaban J connectivity index is 4.50. The molecule has 0 spiro atoms. The predicted molar refractivity (Wildman–Crippen MR) is 55.2 cm³/mol. The van der Waals surface area contributed by atoms with E-state index in [0.717, 1.165) is 0 Å². The van der Waals surface area contributed by atoms with Crippen LogP contribution in [-0.4, -0.2) is 8.07 Å². The fourth-order valence-electron chi connectivity index (χ4n) is 0.506. The molecule has 62 valence electrons. The van der Waals surface area contributed by atoms with E-state index in [9.17, 15) is 0 Å². The summed E-state index contributed by atoms with van der Waals surface area (Å²) < 4.78 is 0.